The predicted molar refractivity (Wildman–Crippen MR) is 68.4 cm³/mol. The lowest BCUT2D eigenvalue weighted by Crippen LogP contribution is -2.39. The van der Waals surface area contributed by atoms with Crippen LogP contribution in [-0.4, -0.2) is 39.4 Å². The summed E-state index contributed by atoms with van der Waals surface area (Å²) in [4.78, 5) is 17.4. The van der Waals surface area contributed by atoms with E-state index in [1.165, 1.54) is 11.1 Å². The average Bonchev–Trinajstić information content (AvgIpc) is 2.38. The molecule has 104 valence electrons. The molecule has 0 aliphatic rings. The zero-order valence-corrected chi connectivity index (χ0v) is 10.9. The van der Waals surface area contributed by atoms with Crippen molar-refractivity contribution in [1.82, 2.24) is 9.88 Å². The molecule has 0 saturated heterocycles. The highest BCUT2D eigenvalue weighted by atomic mass is 19.1. The number of carbonyl (C=O) groups excluding carboxylic acids is 1. The summed E-state index contributed by atoms with van der Waals surface area (Å²) in [5, 5.41) is 11.3. The molecule has 0 unspecified atom stereocenters. The number of amidine groups is 1. The SMILES string of the molecule is CC(C)N(CC/C(N)=N/O)C(=O)c1cncc(F)c1. The number of carbonyl (C=O) groups is 1. The smallest absolute Gasteiger partial charge is 0.255 e. The maximum absolute atomic E-state index is 13.1. The van der Waals surface area contributed by atoms with Crippen molar-refractivity contribution in [3.8, 4) is 0 Å². The van der Waals surface area contributed by atoms with Gasteiger partial charge >= 0.3 is 0 Å². The second-order valence-electron chi connectivity index (χ2n) is 4.33. The van der Waals surface area contributed by atoms with Gasteiger partial charge in [0.05, 0.1) is 11.8 Å². The monoisotopic (exact) mass is 268 g/mol. The molecule has 0 bridgehead atoms. The molecule has 6 nitrogen and oxygen atoms in total. The van der Waals surface area contributed by atoms with Crippen molar-refractivity contribution in [2.24, 2.45) is 10.9 Å². The molecule has 0 aliphatic heterocycles. The van der Waals surface area contributed by atoms with Crippen LogP contribution in [0.15, 0.2) is 23.6 Å². The Bertz CT molecular complexity index is 477. The molecule has 0 aromatic carbocycles. The number of hydrogen-bond acceptors (Lipinski definition) is 4. The highest BCUT2D eigenvalue weighted by Gasteiger charge is 2.19. The summed E-state index contributed by atoms with van der Waals surface area (Å²) in [5.74, 6) is -0.866. The predicted octanol–water partition coefficient (Wildman–Crippen LogP) is 1.21. The molecule has 1 amide bonds. The van der Waals surface area contributed by atoms with Gasteiger partial charge in [-0.2, -0.15) is 0 Å². The van der Waals surface area contributed by atoms with Crippen molar-refractivity contribution in [2.45, 2.75) is 26.3 Å². The highest BCUT2D eigenvalue weighted by molar-refractivity contribution is 5.94. The first-order valence-corrected chi connectivity index (χ1v) is 5.83. The van der Waals surface area contributed by atoms with Crippen molar-refractivity contribution in [3.63, 3.8) is 0 Å². The molecule has 1 aromatic rings. The molecule has 0 saturated carbocycles. The van der Waals surface area contributed by atoms with Crippen molar-refractivity contribution >= 4 is 11.7 Å². The van der Waals surface area contributed by atoms with Gasteiger partial charge in [-0.25, -0.2) is 4.39 Å². The second-order valence-corrected chi connectivity index (χ2v) is 4.33. The van der Waals surface area contributed by atoms with Crippen molar-refractivity contribution in [1.29, 1.82) is 0 Å². The van der Waals surface area contributed by atoms with Crippen LogP contribution in [0.4, 0.5) is 4.39 Å². The second kappa shape index (κ2) is 6.67. The number of halogens is 1. The molecule has 0 atom stereocenters. The van der Waals surface area contributed by atoms with Gasteiger partial charge in [0.1, 0.15) is 11.7 Å². The first kappa shape index (κ1) is 14.9. The quantitative estimate of drug-likeness (QED) is 0.363. The maximum atomic E-state index is 13.1. The standard InChI is InChI=1S/C12H17FN4O2/c1-8(2)17(4-3-11(14)16-19)12(18)9-5-10(13)7-15-6-9/h5-8,19H,3-4H2,1-2H3,(H2,14,16). The van der Waals surface area contributed by atoms with E-state index in [9.17, 15) is 9.18 Å². The molecule has 0 aliphatic carbocycles. The fraction of sp³-hybridized carbons (Fsp3) is 0.417. The number of amides is 1. The van der Waals surface area contributed by atoms with Gasteiger partial charge < -0.3 is 15.8 Å². The van der Waals surface area contributed by atoms with E-state index in [4.69, 9.17) is 10.9 Å². The van der Waals surface area contributed by atoms with E-state index in [0.29, 0.717) is 0 Å². The third kappa shape index (κ3) is 4.20. The van der Waals surface area contributed by atoms with E-state index in [-0.39, 0.29) is 36.3 Å². The van der Waals surface area contributed by atoms with Crippen LogP contribution in [0.25, 0.3) is 0 Å². The Labute approximate surface area is 110 Å². The van der Waals surface area contributed by atoms with Crippen LogP contribution in [0.1, 0.15) is 30.6 Å². The number of hydrogen-bond donors (Lipinski definition) is 2. The molecule has 1 rings (SSSR count). The van der Waals surface area contributed by atoms with Crippen LogP contribution >= 0.6 is 0 Å². The summed E-state index contributed by atoms with van der Waals surface area (Å²) in [6.45, 7) is 3.94. The average molecular weight is 268 g/mol. The van der Waals surface area contributed by atoms with Crippen LogP contribution in [0, 0.1) is 5.82 Å². The zero-order valence-electron chi connectivity index (χ0n) is 10.9. The van der Waals surface area contributed by atoms with Gasteiger partial charge in [0.2, 0.25) is 0 Å². The van der Waals surface area contributed by atoms with E-state index in [1.54, 1.807) is 0 Å². The lowest BCUT2D eigenvalue weighted by Gasteiger charge is -2.26. The minimum atomic E-state index is -0.564. The number of aromatic nitrogens is 1. The lowest BCUT2D eigenvalue weighted by molar-refractivity contribution is 0.0710. The Morgan fingerprint density at radius 2 is 2.26 bits per heavy atom. The normalized spacial score (nSPS) is 11.7. The van der Waals surface area contributed by atoms with Crippen LogP contribution in [-0.2, 0) is 0 Å². The summed E-state index contributed by atoms with van der Waals surface area (Å²) in [7, 11) is 0. The third-order valence-corrected chi connectivity index (χ3v) is 2.57. The first-order valence-electron chi connectivity index (χ1n) is 5.83. The fourth-order valence-corrected chi connectivity index (χ4v) is 1.57. The number of rotatable bonds is 5. The minimum Gasteiger partial charge on any atom is -0.409 e. The van der Waals surface area contributed by atoms with Gasteiger partial charge in [0, 0.05) is 25.2 Å². The minimum absolute atomic E-state index is 0.0378. The highest BCUT2D eigenvalue weighted by Crippen LogP contribution is 2.09. The summed E-state index contributed by atoms with van der Waals surface area (Å²) in [6, 6.07) is 1.04. The first-order chi connectivity index (χ1) is 8.95. The van der Waals surface area contributed by atoms with Gasteiger partial charge in [0.25, 0.3) is 5.91 Å². The van der Waals surface area contributed by atoms with E-state index >= 15 is 0 Å². The molecule has 0 spiro atoms. The molecular weight excluding hydrogens is 251 g/mol. The molecule has 0 radical (unpaired) electrons. The van der Waals surface area contributed by atoms with E-state index in [1.807, 2.05) is 13.8 Å². The van der Waals surface area contributed by atoms with Gasteiger partial charge in [-0.3, -0.25) is 9.78 Å². The summed E-state index contributed by atoms with van der Waals surface area (Å²) in [5.41, 5.74) is 5.55. The Morgan fingerprint density at radius 3 is 2.79 bits per heavy atom. The number of nitrogens with zero attached hydrogens (tertiary/aromatic N) is 3. The van der Waals surface area contributed by atoms with E-state index in [2.05, 4.69) is 10.1 Å². The molecule has 19 heavy (non-hydrogen) atoms. The van der Waals surface area contributed by atoms with E-state index in [0.717, 1.165) is 12.3 Å². The summed E-state index contributed by atoms with van der Waals surface area (Å²) >= 11 is 0. The van der Waals surface area contributed by atoms with E-state index < -0.39 is 5.82 Å². The van der Waals surface area contributed by atoms with Crippen molar-refractivity contribution in [3.05, 3.63) is 29.8 Å². The fourth-order valence-electron chi connectivity index (χ4n) is 1.57. The largest absolute Gasteiger partial charge is 0.409 e. The zero-order chi connectivity index (χ0) is 14.4. The van der Waals surface area contributed by atoms with Crippen LogP contribution < -0.4 is 5.73 Å². The van der Waals surface area contributed by atoms with Gasteiger partial charge in [-0.15, -0.1) is 0 Å². The van der Waals surface area contributed by atoms with Crippen LogP contribution in [0.5, 0.6) is 0 Å². The van der Waals surface area contributed by atoms with Crippen molar-refractivity contribution in [2.75, 3.05) is 6.54 Å². The molecule has 1 aromatic heterocycles. The third-order valence-electron chi connectivity index (χ3n) is 2.57. The molecular formula is C12H17FN4O2. The number of oxime groups is 1. The lowest BCUT2D eigenvalue weighted by atomic mass is 10.2. The summed E-state index contributed by atoms with van der Waals surface area (Å²) in [6.07, 6.45) is 2.58. The van der Waals surface area contributed by atoms with Gasteiger partial charge in [-0.1, -0.05) is 5.16 Å². The number of pyridine rings is 1. The van der Waals surface area contributed by atoms with Gasteiger partial charge in [0.15, 0.2) is 0 Å². The van der Waals surface area contributed by atoms with Crippen LogP contribution in [0.2, 0.25) is 0 Å². The molecule has 3 N–H and O–H groups in total. The Hall–Kier alpha value is -2.18. The molecule has 1 heterocycles. The number of nitrogens with two attached hydrogens (primary N) is 1. The Kier molecular flexibility index (Phi) is 5.23. The Morgan fingerprint density at radius 1 is 1.58 bits per heavy atom. The molecule has 0 fully saturated rings. The van der Waals surface area contributed by atoms with Crippen molar-refractivity contribution < 1.29 is 14.4 Å². The summed E-state index contributed by atoms with van der Waals surface area (Å²) < 4.78 is 13.1. The Balaban J connectivity index is 2.84. The maximum Gasteiger partial charge on any atom is 0.255 e. The van der Waals surface area contributed by atoms with Gasteiger partial charge in [-0.05, 0) is 19.9 Å². The van der Waals surface area contributed by atoms with Crippen LogP contribution in [0.3, 0.4) is 0 Å². The topological polar surface area (TPSA) is 91.8 Å². The molecule has 7 heteroatoms.